The zero-order chi connectivity index (χ0) is 16.8. The maximum absolute atomic E-state index is 4.80. The lowest BCUT2D eigenvalue weighted by molar-refractivity contribution is 0.756. The molecule has 0 N–H and O–H groups in total. The Morgan fingerprint density at radius 1 is 1.04 bits per heavy atom. The first-order chi connectivity index (χ1) is 11.0. The Kier molecular flexibility index (Phi) is 5.97. The van der Waals surface area contributed by atoms with E-state index in [1.54, 1.807) is 0 Å². The van der Waals surface area contributed by atoms with Crippen LogP contribution in [-0.2, 0) is 0 Å². The van der Waals surface area contributed by atoms with E-state index in [-0.39, 0.29) is 0 Å². The third-order valence-electron chi connectivity index (χ3n) is 3.94. The molecular weight excluding hydrogens is 284 g/mol. The van der Waals surface area contributed by atoms with E-state index in [2.05, 4.69) is 72.9 Å². The first-order valence-electron chi connectivity index (χ1n) is 8.46. The first kappa shape index (κ1) is 17.3. The molecule has 4 nitrogen and oxygen atoms in total. The van der Waals surface area contributed by atoms with Crippen molar-refractivity contribution in [3.05, 3.63) is 41.6 Å². The highest BCUT2D eigenvalue weighted by molar-refractivity contribution is 5.59. The molecule has 1 aromatic heterocycles. The maximum atomic E-state index is 4.80. The van der Waals surface area contributed by atoms with Gasteiger partial charge in [-0.3, -0.25) is 0 Å². The maximum Gasteiger partial charge on any atom is 0.232 e. The monoisotopic (exact) mass is 312 g/mol. The Balaban J connectivity index is 2.35. The van der Waals surface area contributed by atoms with Crippen LogP contribution in [0.1, 0.15) is 37.9 Å². The molecule has 0 saturated heterocycles. The Bertz CT molecular complexity index is 639. The van der Waals surface area contributed by atoms with E-state index in [0.717, 1.165) is 36.2 Å². The summed E-state index contributed by atoms with van der Waals surface area (Å²) in [7, 11) is 2.10. The fraction of sp³-hybridized carbons (Fsp3) is 0.474. The van der Waals surface area contributed by atoms with Crippen molar-refractivity contribution >= 4 is 17.5 Å². The molecule has 0 fully saturated rings. The van der Waals surface area contributed by atoms with Crippen LogP contribution < -0.4 is 9.80 Å². The van der Waals surface area contributed by atoms with Crippen molar-refractivity contribution in [2.75, 3.05) is 29.9 Å². The van der Waals surface area contributed by atoms with Crippen molar-refractivity contribution in [1.82, 2.24) is 9.97 Å². The zero-order valence-corrected chi connectivity index (χ0v) is 15.0. The second kappa shape index (κ2) is 7.95. The normalized spacial score (nSPS) is 10.7. The summed E-state index contributed by atoms with van der Waals surface area (Å²) >= 11 is 0. The summed E-state index contributed by atoms with van der Waals surface area (Å²) in [5.41, 5.74) is 3.38. The minimum absolute atomic E-state index is 0.774. The van der Waals surface area contributed by atoms with Crippen LogP contribution in [0.4, 0.5) is 17.5 Å². The summed E-state index contributed by atoms with van der Waals surface area (Å²) in [4.78, 5) is 13.8. The van der Waals surface area contributed by atoms with Crippen molar-refractivity contribution in [2.24, 2.45) is 0 Å². The van der Waals surface area contributed by atoms with E-state index >= 15 is 0 Å². The number of benzene rings is 1. The molecule has 1 aromatic carbocycles. The number of rotatable bonds is 7. The van der Waals surface area contributed by atoms with Gasteiger partial charge in [-0.2, -0.15) is 4.98 Å². The predicted octanol–water partition coefficient (Wildman–Crippen LogP) is 4.49. The molecule has 0 amide bonds. The lowest BCUT2D eigenvalue weighted by Crippen LogP contribution is -2.23. The van der Waals surface area contributed by atoms with Gasteiger partial charge in [0.2, 0.25) is 5.95 Å². The molecule has 0 radical (unpaired) electrons. The highest BCUT2D eigenvalue weighted by Crippen LogP contribution is 2.25. The molecule has 1 heterocycles. The molecule has 2 aromatic rings. The van der Waals surface area contributed by atoms with Crippen LogP contribution in [0, 0.1) is 13.8 Å². The van der Waals surface area contributed by atoms with Crippen molar-refractivity contribution in [2.45, 2.75) is 40.5 Å². The largest absolute Gasteiger partial charge is 0.360 e. The van der Waals surface area contributed by atoms with Crippen LogP contribution in [0.2, 0.25) is 0 Å². The topological polar surface area (TPSA) is 32.3 Å². The van der Waals surface area contributed by atoms with Crippen molar-refractivity contribution < 1.29 is 0 Å². The number of unbranched alkanes of at least 4 members (excludes halogenated alkanes) is 1. The fourth-order valence-electron chi connectivity index (χ4n) is 2.60. The molecule has 124 valence electrons. The van der Waals surface area contributed by atoms with Gasteiger partial charge in [0, 0.05) is 37.6 Å². The van der Waals surface area contributed by atoms with Gasteiger partial charge in [0.15, 0.2) is 0 Å². The summed E-state index contributed by atoms with van der Waals surface area (Å²) in [5.74, 6) is 1.77. The molecule has 2 rings (SSSR count). The van der Waals surface area contributed by atoms with Gasteiger partial charge in [-0.25, -0.2) is 4.98 Å². The Morgan fingerprint density at radius 2 is 1.83 bits per heavy atom. The highest BCUT2D eigenvalue weighted by atomic mass is 15.3. The molecule has 23 heavy (non-hydrogen) atoms. The van der Waals surface area contributed by atoms with E-state index in [9.17, 15) is 0 Å². The average molecular weight is 312 g/mol. The molecule has 0 atom stereocenters. The molecule has 0 unspecified atom stereocenters. The van der Waals surface area contributed by atoms with Gasteiger partial charge < -0.3 is 9.80 Å². The number of hydrogen-bond donors (Lipinski definition) is 0. The quantitative estimate of drug-likeness (QED) is 0.754. The van der Waals surface area contributed by atoms with Gasteiger partial charge in [-0.05, 0) is 44.9 Å². The van der Waals surface area contributed by atoms with Crippen LogP contribution >= 0.6 is 0 Å². The Labute approximate surface area is 140 Å². The smallest absolute Gasteiger partial charge is 0.232 e. The minimum Gasteiger partial charge on any atom is -0.360 e. The lowest BCUT2D eigenvalue weighted by atomic mass is 10.2. The minimum atomic E-state index is 0.774. The summed E-state index contributed by atoms with van der Waals surface area (Å²) in [6.45, 7) is 10.3. The Hall–Kier alpha value is -2.10. The van der Waals surface area contributed by atoms with E-state index in [4.69, 9.17) is 4.98 Å². The number of nitrogens with zero attached hydrogens (tertiary/aromatic N) is 4. The number of aryl methyl sites for hydroxylation is 2. The van der Waals surface area contributed by atoms with Crippen molar-refractivity contribution in [1.29, 1.82) is 0 Å². The molecule has 0 aliphatic carbocycles. The zero-order valence-electron chi connectivity index (χ0n) is 15.0. The molecule has 4 heteroatoms. The Morgan fingerprint density at radius 3 is 2.48 bits per heavy atom. The van der Waals surface area contributed by atoms with Gasteiger partial charge in [0.05, 0.1) is 0 Å². The van der Waals surface area contributed by atoms with Gasteiger partial charge in [-0.1, -0.05) is 25.5 Å². The third-order valence-corrected chi connectivity index (χ3v) is 3.94. The average Bonchev–Trinajstić information content (AvgIpc) is 2.53. The van der Waals surface area contributed by atoms with Gasteiger partial charge in [0.1, 0.15) is 5.82 Å². The molecule has 0 bridgehead atoms. The van der Waals surface area contributed by atoms with Crippen LogP contribution in [0.15, 0.2) is 30.3 Å². The van der Waals surface area contributed by atoms with E-state index in [0.29, 0.717) is 0 Å². The van der Waals surface area contributed by atoms with Gasteiger partial charge in [0.25, 0.3) is 0 Å². The first-order valence-corrected chi connectivity index (χ1v) is 8.46. The summed E-state index contributed by atoms with van der Waals surface area (Å²) < 4.78 is 0. The number of hydrogen-bond acceptors (Lipinski definition) is 4. The van der Waals surface area contributed by atoms with Crippen LogP contribution in [0.3, 0.4) is 0 Å². The van der Waals surface area contributed by atoms with Crippen LogP contribution in [-0.4, -0.2) is 30.1 Å². The summed E-state index contributed by atoms with van der Waals surface area (Å²) in [5, 5.41) is 0. The number of anilines is 3. The predicted molar refractivity (Wildman–Crippen MR) is 98.8 cm³/mol. The second-order valence-electron chi connectivity index (χ2n) is 6.03. The molecule has 0 spiro atoms. The third kappa shape index (κ3) is 4.44. The van der Waals surface area contributed by atoms with Gasteiger partial charge >= 0.3 is 0 Å². The van der Waals surface area contributed by atoms with Crippen molar-refractivity contribution in [3.8, 4) is 0 Å². The van der Waals surface area contributed by atoms with Crippen LogP contribution in [0.25, 0.3) is 0 Å². The molecule has 0 aliphatic heterocycles. The van der Waals surface area contributed by atoms with E-state index < -0.39 is 0 Å². The van der Waals surface area contributed by atoms with Crippen LogP contribution in [0.5, 0.6) is 0 Å². The molecule has 0 aliphatic rings. The summed E-state index contributed by atoms with van der Waals surface area (Å²) in [6.07, 6.45) is 2.36. The van der Waals surface area contributed by atoms with E-state index in [1.807, 2.05) is 6.92 Å². The standard InChI is InChI=1S/C19H28N4/c1-6-8-12-22(5)18-14-16(4)20-19(21-18)23(7-2)17-11-9-10-15(3)13-17/h9-11,13-14H,6-8,12H2,1-5H3. The fourth-order valence-corrected chi connectivity index (χ4v) is 2.60. The number of aromatic nitrogens is 2. The lowest BCUT2D eigenvalue weighted by Gasteiger charge is -2.24. The molecule has 0 saturated carbocycles. The SMILES string of the molecule is CCCCN(C)c1cc(C)nc(N(CC)c2cccc(C)c2)n1. The molecular formula is C19H28N4. The highest BCUT2D eigenvalue weighted by Gasteiger charge is 2.13. The van der Waals surface area contributed by atoms with Gasteiger partial charge in [-0.15, -0.1) is 0 Å². The van der Waals surface area contributed by atoms with E-state index in [1.165, 1.54) is 18.4 Å². The van der Waals surface area contributed by atoms with Crippen molar-refractivity contribution in [3.63, 3.8) is 0 Å². The second-order valence-corrected chi connectivity index (χ2v) is 6.03. The summed E-state index contributed by atoms with van der Waals surface area (Å²) in [6, 6.07) is 10.5.